The third-order valence-corrected chi connectivity index (χ3v) is 2.52. The zero-order valence-electron chi connectivity index (χ0n) is 9.81. The van der Waals surface area contributed by atoms with E-state index >= 15 is 0 Å². The topological polar surface area (TPSA) is 46.3 Å². The summed E-state index contributed by atoms with van der Waals surface area (Å²) < 4.78 is 32.5. The van der Waals surface area contributed by atoms with Crippen molar-refractivity contribution in [3.05, 3.63) is 42.3 Å². The number of rotatable bonds is 4. The maximum absolute atomic E-state index is 13.7. The molecule has 1 atom stereocenters. The minimum atomic E-state index is -3.32. The highest BCUT2D eigenvalue weighted by Gasteiger charge is 2.34. The molecule has 0 amide bonds. The van der Waals surface area contributed by atoms with Crippen LogP contribution in [0.2, 0.25) is 0 Å². The molecule has 1 unspecified atom stereocenters. The summed E-state index contributed by atoms with van der Waals surface area (Å²) in [6, 6.07) is 6.56. The molecular formula is C13H13F2NO2. The van der Waals surface area contributed by atoms with Gasteiger partial charge in [0.2, 0.25) is 0 Å². The van der Waals surface area contributed by atoms with Crippen LogP contribution in [-0.4, -0.2) is 16.2 Å². The van der Waals surface area contributed by atoms with Gasteiger partial charge in [0.15, 0.2) is 5.58 Å². The second kappa shape index (κ2) is 4.86. The number of halogens is 2. The van der Waals surface area contributed by atoms with Gasteiger partial charge in [-0.05, 0) is 24.6 Å². The maximum Gasteiger partial charge on any atom is 0.340 e. The Kier molecular flexibility index (Phi) is 3.43. The molecule has 1 aromatic carbocycles. The van der Waals surface area contributed by atoms with Gasteiger partial charge >= 0.3 is 5.92 Å². The Labute approximate surface area is 103 Å². The van der Waals surface area contributed by atoms with Gasteiger partial charge in [-0.3, -0.25) is 0 Å². The third kappa shape index (κ3) is 2.56. The third-order valence-electron chi connectivity index (χ3n) is 2.52. The highest BCUT2D eigenvalue weighted by molar-refractivity contribution is 5.72. The molecule has 0 aliphatic rings. The molecule has 0 aliphatic heterocycles. The van der Waals surface area contributed by atoms with Crippen molar-refractivity contribution in [1.82, 2.24) is 4.98 Å². The summed E-state index contributed by atoms with van der Waals surface area (Å²) in [6.07, 6.45) is 1.15. The number of benzene rings is 1. The first-order valence-corrected chi connectivity index (χ1v) is 5.64. The molecule has 0 spiro atoms. The Morgan fingerprint density at radius 3 is 2.83 bits per heavy atom. The Hall–Kier alpha value is -1.75. The van der Waals surface area contributed by atoms with Gasteiger partial charge in [0.25, 0.3) is 5.89 Å². The van der Waals surface area contributed by atoms with Crippen molar-refractivity contribution in [3.8, 4) is 0 Å². The summed E-state index contributed by atoms with van der Waals surface area (Å²) in [5.41, 5.74) is 0.702. The molecule has 1 N–H and O–H groups in total. The first-order valence-electron chi connectivity index (χ1n) is 5.64. The lowest BCUT2D eigenvalue weighted by atomic mass is 10.2. The second-order valence-corrected chi connectivity index (χ2v) is 3.94. The number of allylic oxidation sites excluding steroid dienone is 1. The first kappa shape index (κ1) is 12.7. The van der Waals surface area contributed by atoms with Crippen molar-refractivity contribution in [3.63, 3.8) is 0 Å². The standard InChI is InChI=1S/C13H13F2NO2/c1-2-9(17)7-8-13(14,15)12-16-10-5-3-4-6-11(10)18-12/h3-9,17H,2H2,1H3/b8-7-. The molecule has 18 heavy (non-hydrogen) atoms. The number of para-hydroxylation sites is 2. The molecule has 0 fully saturated rings. The van der Waals surface area contributed by atoms with E-state index in [1.54, 1.807) is 31.2 Å². The summed E-state index contributed by atoms with van der Waals surface area (Å²) in [7, 11) is 0. The lowest BCUT2D eigenvalue weighted by molar-refractivity contribution is 0.0221. The fourth-order valence-corrected chi connectivity index (χ4v) is 1.45. The Morgan fingerprint density at radius 2 is 2.17 bits per heavy atom. The SMILES string of the molecule is CCC(O)/C=C\C(F)(F)c1nc2ccccc2o1. The molecule has 1 aromatic heterocycles. The predicted octanol–water partition coefficient (Wildman–Crippen LogP) is 3.25. The number of nitrogens with zero attached hydrogens (tertiary/aromatic N) is 1. The van der Waals surface area contributed by atoms with E-state index in [1.165, 1.54) is 0 Å². The van der Waals surface area contributed by atoms with Crippen LogP contribution >= 0.6 is 0 Å². The number of alkyl halides is 2. The van der Waals surface area contributed by atoms with Gasteiger partial charge in [-0.25, -0.2) is 4.98 Å². The molecule has 1 heterocycles. The predicted molar refractivity (Wildman–Crippen MR) is 63.3 cm³/mol. The van der Waals surface area contributed by atoms with Gasteiger partial charge in [-0.15, -0.1) is 0 Å². The number of oxazole rings is 1. The molecule has 5 heteroatoms. The number of aromatic nitrogens is 1. The van der Waals surface area contributed by atoms with E-state index in [9.17, 15) is 13.9 Å². The number of aliphatic hydroxyl groups excluding tert-OH is 1. The summed E-state index contributed by atoms with van der Waals surface area (Å²) in [6.45, 7) is 1.70. The minimum Gasteiger partial charge on any atom is -0.435 e. The van der Waals surface area contributed by atoms with E-state index in [2.05, 4.69) is 4.98 Å². The fourth-order valence-electron chi connectivity index (χ4n) is 1.45. The van der Waals surface area contributed by atoms with Crippen LogP contribution in [0.15, 0.2) is 40.8 Å². The van der Waals surface area contributed by atoms with Crippen LogP contribution in [0.1, 0.15) is 19.2 Å². The molecule has 2 aromatic rings. The van der Waals surface area contributed by atoms with Gasteiger partial charge < -0.3 is 9.52 Å². The second-order valence-electron chi connectivity index (χ2n) is 3.94. The van der Waals surface area contributed by atoms with Gasteiger partial charge in [0.05, 0.1) is 6.10 Å². The molecule has 96 valence electrons. The van der Waals surface area contributed by atoms with E-state index in [1.807, 2.05) is 0 Å². The van der Waals surface area contributed by atoms with Crippen LogP contribution in [0, 0.1) is 0 Å². The van der Waals surface area contributed by atoms with Gasteiger partial charge in [-0.2, -0.15) is 8.78 Å². The number of hydrogen-bond donors (Lipinski definition) is 1. The monoisotopic (exact) mass is 253 g/mol. The van der Waals surface area contributed by atoms with Crippen LogP contribution in [0.5, 0.6) is 0 Å². The number of fused-ring (bicyclic) bond motifs is 1. The fraction of sp³-hybridized carbons (Fsp3) is 0.308. The van der Waals surface area contributed by atoms with Gasteiger partial charge in [-0.1, -0.05) is 25.1 Å². The number of aliphatic hydroxyl groups is 1. The summed E-state index contributed by atoms with van der Waals surface area (Å²) in [5, 5.41) is 9.24. The van der Waals surface area contributed by atoms with E-state index in [4.69, 9.17) is 4.42 Å². The van der Waals surface area contributed by atoms with E-state index in [0.29, 0.717) is 23.6 Å². The molecule has 3 nitrogen and oxygen atoms in total. The van der Waals surface area contributed by atoms with Crippen molar-refractivity contribution in [1.29, 1.82) is 0 Å². The van der Waals surface area contributed by atoms with Crippen LogP contribution in [0.3, 0.4) is 0 Å². The van der Waals surface area contributed by atoms with Crippen molar-refractivity contribution >= 4 is 11.1 Å². The normalized spacial score (nSPS) is 14.4. The Morgan fingerprint density at radius 1 is 1.44 bits per heavy atom. The van der Waals surface area contributed by atoms with Crippen LogP contribution < -0.4 is 0 Å². The van der Waals surface area contributed by atoms with Crippen molar-refractivity contribution < 1.29 is 18.3 Å². The smallest absolute Gasteiger partial charge is 0.340 e. The zero-order valence-corrected chi connectivity index (χ0v) is 9.81. The van der Waals surface area contributed by atoms with Crippen LogP contribution in [0.25, 0.3) is 11.1 Å². The van der Waals surface area contributed by atoms with E-state index < -0.39 is 17.9 Å². The van der Waals surface area contributed by atoms with Crippen molar-refractivity contribution in [2.75, 3.05) is 0 Å². The van der Waals surface area contributed by atoms with E-state index in [-0.39, 0.29) is 0 Å². The summed E-state index contributed by atoms with van der Waals surface area (Å²) in [5.74, 6) is -3.99. The zero-order chi connectivity index (χ0) is 13.2. The first-order chi connectivity index (χ1) is 8.53. The lowest BCUT2D eigenvalue weighted by Gasteiger charge is -2.07. The maximum atomic E-state index is 13.7. The number of hydrogen-bond acceptors (Lipinski definition) is 3. The molecule has 0 saturated heterocycles. The average Bonchev–Trinajstić information content (AvgIpc) is 2.80. The molecule has 0 aliphatic carbocycles. The summed E-state index contributed by atoms with van der Waals surface area (Å²) in [4.78, 5) is 3.74. The lowest BCUT2D eigenvalue weighted by Crippen LogP contribution is -2.11. The average molecular weight is 253 g/mol. The van der Waals surface area contributed by atoms with Crippen molar-refractivity contribution in [2.45, 2.75) is 25.4 Å². The highest BCUT2D eigenvalue weighted by Crippen LogP contribution is 2.31. The summed E-state index contributed by atoms with van der Waals surface area (Å²) >= 11 is 0. The Balaban J connectivity index is 2.31. The van der Waals surface area contributed by atoms with Gasteiger partial charge in [0, 0.05) is 0 Å². The van der Waals surface area contributed by atoms with Crippen LogP contribution in [-0.2, 0) is 5.92 Å². The highest BCUT2D eigenvalue weighted by atomic mass is 19.3. The van der Waals surface area contributed by atoms with Crippen molar-refractivity contribution in [2.24, 2.45) is 0 Å². The molecular weight excluding hydrogens is 240 g/mol. The Bertz CT molecular complexity index is 530. The van der Waals surface area contributed by atoms with E-state index in [0.717, 1.165) is 6.08 Å². The molecule has 2 rings (SSSR count). The van der Waals surface area contributed by atoms with Crippen LogP contribution in [0.4, 0.5) is 8.78 Å². The molecule has 0 radical (unpaired) electrons. The molecule has 0 bridgehead atoms. The minimum absolute atomic E-state index is 0.316. The van der Waals surface area contributed by atoms with Gasteiger partial charge in [0.1, 0.15) is 5.52 Å². The molecule has 0 saturated carbocycles. The quantitative estimate of drug-likeness (QED) is 0.851. The largest absolute Gasteiger partial charge is 0.435 e.